The molecule has 1 aromatic rings. The van der Waals surface area contributed by atoms with Gasteiger partial charge in [-0.25, -0.2) is 0 Å². The van der Waals surface area contributed by atoms with Gasteiger partial charge < -0.3 is 9.52 Å². The van der Waals surface area contributed by atoms with Crippen molar-refractivity contribution in [2.45, 2.75) is 46.6 Å². The molecule has 0 aliphatic rings. The molecule has 13 heavy (non-hydrogen) atoms. The van der Waals surface area contributed by atoms with Crippen molar-refractivity contribution in [3.05, 3.63) is 11.8 Å². The van der Waals surface area contributed by atoms with Crippen molar-refractivity contribution in [2.75, 3.05) is 0 Å². The predicted octanol–water partition coefficient (Wildman–Crippen LogP) is 1.89. The van der Waals surface area contributed by atoms with Crippen LogP contribution in [-0.2, 0) is 12.0 Å². The molecule has 0 saturated carbocycles. The molecule has 4 heteroatoms. The van der Waals surface area contributed by atoms with Crippen LogP contribution in [0.15, 0.2) is 4.42 Å². The average Bonchev–Trinajstić information content (AvgIpc) is 2.54. The van der Waals surface area contributed by atoms with Crippen LogP contribution < -0.4 is 0 Å². The van der Waals surface area contributed by atoms with Crippen molar-refractivity contribution in [3.63, 3.8) is 0 Å². The molecule has 0 amide bonds. The molecule has 0 aliphatic carbocycles. The first-order valence-electron chi connectivity index (χ1n) is 4.59. The average molecular weight is 186 g/mol. The van der Waals surface area contributed by atoms with Crippen molar-refractivity contribution in [1.29, 1.82) is 0 Å². The molecular formula is C9H18N2O2. The number of hydrogen-bond donors (Lipinski definition) is 1. The summed E-state index contributed by atoms with van der Waals surface area (Å²) >= 11 is 0. The summed E-state index contributed by atoms with van der Waals surface area (Å²) in [5, 5.41) is 16.8. The number of aromatic nitrogens is 2. The lowest BCUT2D eigenvalue weighted by atomic mass is 10.1. The Bertz CT molecular complexity index is 238. The highest BCUT2D eigenvalue weighted by Crippen LogP contribution is 2.17. The first kappa shape index (κ1) is 12.1. The van der Waals surface area contributed by atoms with E-state index in [2.05, 4.69) is 10.2 Å². The van der Waals surface area contributed by atoms with Crippen LogP contribution in [0, 0.1) is 0 Å². The van der Waals surface area contributed by atoms with Gasteiger partial charge in [-0.15, -0.1) is 10.2 Å². The van der Waals surface area contributed by atoms with Gasteiger partial charge in [0.15, 0.2) is 0 Å². The summed E-state index contributed by atoms with van der Waals surface area (Å²) in [6, 6.07) is 0. The minimum atomic E-state index is -1.03. The number of rotatable bonds is 2. The summed E-state index contributed by atoms with van der Waals surface area (Å²) in [5.74, 6) is 0.830. The van der Waals surface area contributed by atoms with Crippen LogP contribution >= 0.6 is 0 Å². The van der Waals surface area contributed by atoms with E-state index in [0.717, 1.165) is 0 Å². The number of aryl methyl sites for hydroxylation is 1. The van der Waals surface area contributed by atoms with Gasteiger partial charge in [0.2, 0.25) is 11.8 Å². The Labute approximate surface area is 79.0 Å². The maximum atomic E-state index is 9.40. The summed E-state index contributed by atoms with van der Waals surface area (Å²) in [7, 11) is 0. The Balaban J connectivity index is 0.000000671. The van der Waals surface area contributed by atoms with Crippen LogP contribution in [0.5, 0.6) is 0 Å². The molecule has 0 unspecified atom stereocenters. The lowest BCUT2D eigenvalue weighted by Gasteiger charge is -2.09. The fraction of sp³-hybridized carbons (Fsp3) is 0.778. The molecule has 1 aromatic heterocycles. The predicted molar refractivity (Wildman–Crippen MR) is 50.3 cm³/mol. The second kappa shape index (κ2) is 4.97. The molecule has 1 rings (SSSR count). The van der Waals surface area contributed by atoms with Crippen molar-refractivity contribution in [3.8, 4) is 0 Å². The van der Waals surface area contributed by atoms with Crippen LogP contribution in [0.2, 0.25) is 0 Å². The number of aliphatic hydroxyl groups is 1. The van der Waals surface area contributed by atoms with Crippen molar-refractivity contribution >= 4 is 0 Å². The van der Waals surface area contributed by atoms with E-state index in [-0.39, 0.29) is 5.89 Å². The van der Waals surface area contributed by atoms with Crippen molar-refractivity contribution in [2.24, 2.45) is 0 Å². The smallest absolute Gasteiger partial charge is 0.247 e. The zero-order chi connectivity index (χ0) is 10.5. The van der Waals surface area contributed by atoms with Crippen LogP contribution in [0.1, 0.15) is 46.4 Å². The van der Waals surface area contributed by atoms with E-state index in [4.69, 9.17) is 4.42 Å². The van der Waals surface area contributed by atoms with E-state index >= 15 is 0 Å². The molecule has 1 heterocycles. The van der Waals surface area contributed by atoms with Crippen molar-refractivity contribution in [1.82, 2.24) is 10.2 Å². The van der Waals surface area contributed by atoms with E-state index in [1.54, 1.807) is 13.8 Å². The Morgan fingerprint density at radius 2 is 1.85 bits per heavy atom. The Kier molecular flexibility index (Phi) is 4.62. The summed E-state index contributed by atoms with van der Waals surface area (Å²) in [4.78, 5) is 0. The van der Waals surface area contributed by atoms with E-state index < -0.39 is 5.60 Å². The second-order valence-corrected chi connectivity index (χ2v) is 2.91. The number of hydrogen-bond acceptors (Lipinski definition) is 4. The molecule has 0 bridgehead atoms. The largest absolute Gasteiger partial charge is 0.422 e. The minimum absolute atomic E-state index is 0.273. The summed E-state index contributed by atoms with van der Waals surface area (Å²) in [6.45, 7) is 9.14. The standard InChI is InChI=1S/C7H12N2O2.C2H6/c1-4-5-8-9-6(11-5)7(2,3)10;1-2/h10H,4H2,1-3H3;1-2H3. The van der Waals surface area contributed by atoms with Crippen LogP contribution in [0.25, 0.3) is 0 Å². The SMILES string of the molecule is CC.CCc1nnc(C(C)(C)O)o1. The van der Waals surface area contributed by atoms with E-state index in [1.807, 2.05) is 20.8 Å². The zero-order valence-corrected chi connectivity index (χ0v) is 8.96. The maximum Gasteiger partial charge on any atom is 0.247 e. The normalized spacial score (nSPS) is 10.6. The lowest BCUT2D eigenvalue weighted by Crippen LogP contribution is -2.15. The molecule has 1 N–H and O–H groups in total. The van der Waals surface area contributed by atoms with Gasteiger partial charge >= 0.3 is 0 Å². The first-order chi connectivity index (χ1) is 6.04. The third kappa shape index (κ3) is 3.55. The van der Waals surface area contributed by atoms with E-state index in [0.29, 0.717) is 12.3 Å². The molecule has 0 aliphatic heterocycles. The van der Waals surface area contributed by atoms with Gasteiger partial charge in [0.25, 0.3) is 0 Å². The molecule has 0 saturated heterocycles. The molecule has 0 fully saturated rings. The quantitative estimate of drug-likeness (QED) is 0.766. The highest BCUT2D eigenvalue weighted by Gasteiger charge is 2.22. The molecular weight excluding hydrogens is 168 g/mol. The zero-order valence-electron chi connectivity index (χ0n) is 8.96. The van der Waals surface area contributed by atoms with E-state index in [1.165, 1.54) is 0 Å². The van der Waals surface area contributed by atoms with Gasteiger partial charge in [-0.05, 0) is 13.8 Å². The highest BCUT2D eigenvalue weighted by molar-refractivity contribution is 4.91. The van der Waals surface area contributed by atoms with Gasteiger partial charge in [0.05, 0.1) is 0 Å². The van der Waals surface area contributed by atoms with Crippen LogP contribution in [0.3, 0.4) is 0 Å². The van der Waals surface area contributed by atoms with Crippen LogP contribution in [-0.4, -0.2) is 15.3 Å². The molecule has 4 nitrogen and oxygen atoms in total. The lowest BCUT2D eigenvalue weighted by molar-refractivity contribution is 0.0471. The Morgan fingerprint density at radius 3 is 2.08 bits per heavy atom. The van der Waals surface area contributed by atoms with Gasteiger partial charge in [0, 0.05) is 6.42 Å². The van der Waals surface area contributed by atoms with Crippen LogP contribution in [0.4, 0.5) is 0 Å². The third-order valence-corrected chi connectivity index (χ3v) is 1.29. The maximum absolute atomic E-state index is 9.40. The fourth-order valence-electron chi connectivity index (χ4n) is 0.644. The highest BCUT2D eigenvalue weighted by atomic mass is 16.4. The molecule has 0 radical (unpaired) electrons. The summed E-state index contributed by atoms with van der Waals surface area (Å²) in [6.07, 6.45) is 0.697. The van der Waals surface area contributed by atoms with Gasteiger partial charge in [-0.2, -0.15) is 0 Å². The summed E-state index contributed by atoms with van der Waals surface area (Å²) in [5.41, 5.74) is -1.03. The second-order valence-electron chi connectivity index (χ2n) is 2.91. The molecule has 0 atom stereocenters. The van der Waals surface area contributed by atoms with Gasteiger partial charge in [-0.3, -0.25) is 0 Å². The topological polar surface area (TPSA) is 59.2 Å². The van der Waals surface area contributed by atoms with Gasteiger partial charge in [-0.1, -0.05) is 20.8 Å². The Morgan fingerprint density at radius 1 is 1.31 bits per heavy atom. The van der Waals surface area contributed by atoms with E-state index in [9.17, 15) is 5.11 Å². The fourth-order valence-corrected chi connectivity index (χ4v) is 0.644. The monoisotopic (exact) mass is 186 g/mol. The molecule has 0 aromatic carbocycles. The third-order valence-electron chi connectivity index (χ3n) is 1.29. The van der Waals surface area contributed by atoms with Gasteiger partial charge in [0.1, 0.15) is 5.60 Å². The molecule has 0 spiro atoms. The minimum Gasteiger partial charge on any atom is -0.422 e. The summed E-state index contributed by atoms with van der Waals surface area (Å²) < 4.78 is 5.12. The molecule has 76 valence electrons. The number of nitrogens with zero attached hydrogens (tertiary/aromatic N) is 2. The first-order valence-corrected chi connectivity index (χ1v) is 4.59. The van der Waals surface area contributed by atoms with Crippen molar-refractivity contribution < 1.29 is 9.52 Å². The Hall–Kier alpha value is -0.900.